The van der Waals surface area contributed by atoms with Crippen molar-refractivity contribution in [1.29, 1.82) is 5.41 Å². The van der Waals surface area contributed by atoms with Crippen molar-refractivity contribution in [2.45, 2.75) is 0 Å². The molecule has 4 nitrogen and oxygen atoms in total. The Morgan fingerprint density at radius 1 is 1.55 bits per heavy atom. The van der Waals surface area contributed by atoms with Crippen LogP contribution in [0.5, 0.6) is 0 Å². The Labute approximate surface area is 65.1 Å². The number of nitrogens with two attached hydrogens (primary N) is 2. The Kier molecular flexibility index (Phi) is 4.68. The molecule has 0 saturated heterocycles. The molecule has 0 atom stereocenters. The number of allylic oxidation sites excluding steroid dienone is 2. The molecule has 0 spiro atoms. The van der Waals surface area contributed by atoms with Crippen molar-refractivity contribution in [1.82, 2.24) is 0 Å². The van der Waals surface area contributed by atoms with E-state index < -0.39 is 5.91 Å². The van der Waals surface area contributed by atoms with E-state index in [9.17, 15) is 4.79 Å². The summed E-state index contributed by atoms with van der Waals surface area (Å²) in [5.41, 5.74) is 10.2. The summed E-state index contributed by atoms with van der Waals surface area (Å²) in [6, 6.07) is 0. The highest BCUT2D eigenvalue weighted by molar-refractivity contribution is 6.10. The highest BCUT2D eigenvalue weighted by Crippen LogP contribution is 1.88. The second-order valence-electron chi connectivity index (χ2n) is 1.79. The van der Waals surface area contributed by atoms with E-state index >= 15 is 0 Å². The predicted molar refractivity (Wildman–Crippen MR) is 44.3 cm³/mol. The Hall–Kier alpha value is -1.42. The average molecular weight is 153 g/mol. The van der Waals surface area contributed by atoms with E-state index in [1.54, 1.807) is 12.2 Å². The van der Waals surface area contributed by atoms with E-state index in [4.69, 9.17) is 16.9 Å². The van der Waals surface area contributed by atoms with Gasteiger partial charge in [0, 0.05) is 12.8 Å². The van der Waals surface area contributed by atoms with Gasteiger partial charge in [0.15, 0.2) is 0 Å². The van der Waals surface area contributed by atoms with Crippen LogP contribution in [0.15, 0.2) is 23.8 Å². The number of primary amides is 1. The highest BCUT2D eigenvalue weighted by atomic mass is 16.1. The fourth-order valence-electron chi connectivity index (χ4n) is 0.452. The molecule has 1 amide bonds. The maximum absolute atomic E-state index is 10.5. The van der Waals surface area contributed by atoms with Gasteiger partial charge in [-0.05, 0) is 6.08 Å². The van der Waals surface area contributed by atoms with Gasteiger partial charge in [0.05, 0.1) is 5.57 Å². The molecular formula is C7H11N3O. The van der Waals surface area contributed by atoms with Gasteiger partial charge in [-0.2, -0.15) is 0 Å². The zero-order valence-electron chi connectivity index (χ0n) is 6.08. The number of carbonyl (C=O) groups is 1. The Bertz CT molecular complexity index is 206. The lowest BCUT2D eigenvalue weighted by atomic mass is 10.2. The minimum Gasteiger partial charge on any atom is -0.366 e. The zero-order valence-corrected chi connectivity index (χ0v) is 6.08. The summed E-state index contributed by atoms with van der Waals surface area (Å²) >= 11 is 0. The second kappa shape index (κ2) is 5.37. The van der Waals surface area contributed by atoms with Crippen LogP contribution in [0.2, 0.25) is 0 Å². The Morgan fingerprint density at radius 3 is 2.55 bits per heavy atom. The zero-order chi connectivity index (χ0) is 8.69. The minimum absolute atomic E-state index is 0.162. The standard InChI is InChI=1S/C7H11N3O/c8-4-2-1-3-6(5-9)7(10)11/h1-3,5,9H,4,8H2,(H2,10,11)/b2-1-,6-3+,9-5?. The van der Waals surface area contributed by atoms with Gasteiger partial charge in [-0.15, -0.1) is 0 Å². The van der Waals surface area contributed by atoms with E-state index in [1.807, 2.05) is 0 Å². The van der Waals surface area contributed by atoms with E-state index in [-0.39, 0.29) is 5.57 Å². The lowest BCUT2D eigenvalue weighted by Crippen LogP contribution is -2.14. The minimum atomic E-state index is -0.610. The number of rotatable bonds is 4. The Balaban J connectivity index is 4.24. The maximum atomic E-state index is 10.5. The summed E-state index contributed by atoms with van der Waals surface area (Å²) in [5, 5.41) is 6.77. The van der Waals surface area contributed by atoms with E-state index in [0.29, 0.717) is 6.54 Å². The first-order valence-corrected chi connectivity index (χ1v) is 3.09. The molecule has 0 aliphatic rings. The van der Waals surface area contributed by atoms with Crippen molar-refractivity contribution < 1.29 is 4.79 Å². The molecule has 0 unspecified atom stereocenters. The van der Waals surface area contributed by atoms with Crippen LogP contribution in [0.4, 0.5) is 0 Å². The molecule has 60 valence electrons. The first kappa shape index (κ1) is 9.58. The Morgan fingerprint density at radius 2 is 2.18 bits per heavy atom. The SMILES string of the molecule is N=C/C(=C\C=C/CN)C(N)=O. The molecule has 0 aromatic heterocycles. The first-order chi connectivity index (χ1) is 5.22. The van der Waals surface area contributed by atoms with Crippen LogP contribution in [0.3, 0.4) is 0 Å². The number of carbonyl (C=O) groups excluding carboxylic acids is 1. The van der Waals surface area contributed by atoms with Crippen LogP contribution in [-0.4, -0.2) is 18.7 Å². The molecule has 5 N–H and O–H groups in total. The molecular weight excluding hydrogens is 142 g/mol. The van der Waals surface area contributed by atoms with Crippen molar-refractivity contribution >= 4 is 12.1 Å². The van der Waals surface area contributed by atoms with Gasteiger partial charge in [0.2, 0.25) is 5.91 Å². The van der Waals surface area contributed by atoms with Crippen molar-refractivity contribution in [2.75, 3.05) is 6.54 Å². The van der Waals surface area contributed by atoms with Gasteiger partial charge in [-0.1, -0.05) is 12.2 Å². The van der Waals surface area contributed by atoms with Crippen LogP contribution >= 0.6 is 0 Å². The number of nitrogens with one attached hydrogen (secondary N) is 1. The van der Waals surface area contributed by atoms with Crippen LogP contribution < -0.4 is 11.5 Å². The molecule has 0 bridgehead atoms. The fourth-order valence-corrected chi connectivity index (χ4v) is 0.452. The number of amides is 1. The molecule has 0 fully saturated rings. The van der Waals surface area contributed by atoms with Crippen molar-refractivity contribution in [3.63, 3.8) is 0 Å². The summed E-state index contributed by atoms with van der Waals surface area (Å²) in [4.78, 5) is 10.5. The predicted octanol–water partition coefficient (Wildman–Crippen LogP) is -0.437. The first-order valence-electron chi connectivity index (χ1n) is 3.09. The normalized spacial score (nSPS) is 11.9. The van der Waals surface area contributed by atoms with Crippen LogP contribution in [0.1, 0.15) is 0 Å². The lowest BCUT2D eigenvalue weighted by molar-refractivity contribution is -0.114. The molecule has 4 heteroatoms. The summed E-state index contributed by atoms with van der Waals surface area (Å²) in [6.45, 7) is 0.403. The monoisotopic (exact) mass is 153 g/mol. The van der Waals surface area contributed by atoms with E-state index in [0.717, 1.165) is 6.21 Å². The van der Waals surface area contributed by atoms with Gasteiger partial charge < -0.3 is 16.9 Å². The quantitative estimate of drug-likeness (QED) is 0.290. The van der Waals surface area contributed by atoms with Crippen molar-refractivity contribution in [3.8, 4) is 0 Å². The van der Waals surface area contributed by atoms with Gasteiger partial charge in [-0.3, -0.25) is 4.79 Å². The molecule has 0 aliphatic carbocycles. The van der Waals surface area contributed by atoms with Crippen molar-refractivity contribution in [2.24, 2.45) is 11.5 Å². The van der Waals surface area contributed by atoms with Gasteiger partial charge in [0.25, 0.3) is 0 Å². The number of hydrogen-bond donors (Lipinski definition) is 3. The fraction of sp³-hybridized carbons (Fsp3) is 0.143. The maximum Gasteiger partial charge on any atom is 0.250 e. The summed E-state index contributed by atoms with van der Waals surface area (Å²) in [5.74, 6) is -0.610. The van der Waals surface area contributed by atoms with Crippen LogP contribution in [0, 0.1) is 5.41 Å². The molecule has 0 aromatic carbocycles. The van der Waals surface area contributed by atoms with Gasteiger partial charge >= 0.3 is 0 Å². The highest BCUT2D eigenvalue weighted by Gasteiger charge is 1.96. The second-order valence-corrected chi connectivity index (χ2v) is 1.79. The molecule has 0 aliphatic heterocycles. The number of hydrogen-bond acceptors (Lipinski definition) is 3. The topological polar surface area (TPSA) is 93.0 Å². The lowest BCUT2D eigenvalue weighted by Gasteiger charge is -1.88. The summed E-state index contributed by atoms with van der Waals surface area (Å²) in [7, 11) is 0. The third-order valence-corrected chi connectivity index (χ3v) is 0.988. The van der Waals surface area contributed by atoms with Crippen LogP contribution in [-0.2, 0) is 4.79 Å². The largest absolute Gasteiger partial charge is 0.366 e. The molecule has 0 saturated carbocycles. The molecule has 11 heavy (non-hydrogen) atoms. The summed E-state index contributed by atoms with van der Waals surface area (Å²) in [6.07, 6.45) is 5.60. The smallest absolute Gasteiger partial charge is 0.250 e. The summed E-state index contributed by atoms with van der Waals surface area (Å²) < 4.78 is 0. The molecule has 0 rings (SSSR count). The third-order valence-electron chi connectivity index (χ3n) is 0.988. The van der Waals surface area contributed by atoms with E-state index in [1.165, 1.54) is 6.08 Å². The van der Waals surface area contributed by atoms with Crippen molar-refractivity contribution in [3.05, 3.63) is 23.8 Å². The molecule has 0 aromatic rings. The average Bonchev–Trinajstić information content (AvgIpc) is 1.97. The van der Waals surface area contributed by atoms with E-state index in [2.05, 4.69) is 0 Å². The van der Waals surface area contributed by atoms with Crippen LogP contribution in [0.25, 0.3) is 0 Å². The third kappa shape index (κ3) is 4.05. The molecule has 0 radical (unpaired) electrons. The van der Waals surface area contributed by atoms with Gasteiger partial charge in [0.1, 0.15) is 0 Å². The van der Waals surface area contributed by atoms with Gasteiger partial charge in [-0.25, -0.2) is 0 Å². The molecule has 0 heterocycles.